The predicted octanol–water partition coefficient (Wildman–Crippen LogP) is 2.81. The SMILES string of the molecule is CCNCC(C(C)C)N(C)Cc1cccs1. The van der Waals surface area contributed by atoms with E-state index in [1.807, 2.05) is 11.3 Å². The molecular weight excluding hydrogens is 216 g/mol. The quantitative estimate of drug-likeness (QED) is 0.788. The summed E-state index contributed by atoms with van der Waals surface area (Å²) < 4.78 is 0. The molecule has 0 radical (unpaired) electrons. The second-order valence-corrected chi connectivity index (χ2v) is 5.65. The zero-order valence-corrected chi connectivity index (χ0v) is 11.7. The van der Waals surface area contributed by atoms with Crippen LogP contribution in [0.2, 0.25) is 0 Å². The lowest BCUT2D eigenvalue weighted by atomic mass is 10.0. The Morgan fingerprint density at radius 3 is 2.69 bits per heavy atom. The van der Waals surface area contributed by atoms with Crippen LogP contribution in [-0.2, 0) is 6.54 Å². The van der Waals surface area contributed by atoms with Crippen LogP contribution >= 0.6 is 11.3 Å². The highest BCUT2D eigenvalue weighted by Crippen LogP contribution is 2.15. The maximum Gasteiger partial charge on any atom is 0.0328 e. The topological polar surface area (TPSA) is 15.3 Å². The summed E-state index contributed by atoms with van der Waals surface area (Å²) in [7, 11) is 2.22. The van der Waals surface area contributed by atoms with E-state index in [-0.39, 0.29) is 0 Å². The third-order valence-corrected chi connectivity index (χ3v) is 3.79. The molecule has 0 saturated heterocycles. The van der Waals surface area contributed by atoms with Gasteiger partial charge in [-0.2, -0.15) is 0 Å². The first-order valence-corrected chi connectivity index (χ1v) is 6.96. The number of hydrogen-bond acceptors (Lipinski definition) is 3. The lowest BCUT2D eigenvalue weighted by Crippen LogP contribution is -2.43. The third kappa shape index (κ3) is 4.24. The van der Waals surface area contributed by atoms with Crippen LogP contribution < -0.4 is 5.32 Å². The van der Waals surface area contributed by atoms with Crippen molar-refractivity contribution in [2.75, 3.05) is 20.1 Å². The van der Waals surface area contributed by atoms with Crippen LogP contribution in [0.5, 0.6) is 0 Å². The highest BCUT2D eigenvalue weighted by atomic mass is 32.1. The number of rotatable bonds is 7. The molecule has 1 aromatic heterocycles. The lowest BCUT2D eigenvalue weighted by molar-refractivity contribution is 0.182. The van der Waals surface area contributed by atoms with Crippen molar-refractivity contribution in [2.45, 2.75) is 33.4 Å². The van der Waals surface area contributed by atoms with Crippen molar-refractivity contribution in [1.29, 1.82) is 0 Å². The van der Waals surface area contributed by atoms with E-state index in [9.17, 15) is 0 Å². The van der Waals surface area contributed by atoms with Crippen molar-refractivity contribution < 1.29 is 0 Å². The van der Waals surface area contributed by atoms with Crippen LogP contribution in [0.25, 0.3) is 0 Å². The molecule has 3 heteroatoms. The lowest BCUT2D eigenvalue weighted by Gasteiger charge is -2.31. The van der Waals surface area contributed by atoms with Crippen LogP contribution in [-0.4, -0.2) is 31.1 Å². The third-order valence-electron chi connectivity index (χ3n) is 2.92. The average molecular weight is 240 g/mol. The molecule has 0 aliphatic heterocycles. The standard InChI is InChI=1S/C13H24N2S/c1-5-14-9-13(11(2)3)15(4)10-12-7-6-8-16-12/h6-8,11,13-14H,5,9-10H2,1-4H3. The highest BCUT2D eigenvalue weighted by Gasteiger charge is 2.18. The van der Waals surface area contributed by atoms with Gasteiger partial charge in [0.05, 0.1) is 0 Å². The number of hydrogen-bond donors (Lipinski definition) is 1. The smallest absolute Gasteiger partial charge is 0.0328 e. The number of nitrogens with zero attached hydrogens (tertiary/aromatic N) is 1. The Balaban J connectivity index is 2.49. The van der Waals surface area contributed by atoms with Crippen molar-refractivity contribution in [1.82, 2.24) is 10.2 Å². The van der Waals surface area contributed by atoms with Crippen LogP contribution in [0, 0.1) is 5.92 Å². The molecule has 1 aromatic rings. The molecule has 2 nitrogen and oxygen atoms in total. The first-order chi connectivity index (χ1) is 7.65. The van der Waals surface area contributed by atoms with Gasteiger partial charge in [0.25, 0.3) is 0 Å². The molecule has 1 N–H and O–H groups in total. The Kier molecular flexibility index (Phi) is 6.03. The van der Waals surface area contributed by atoms with E-state index < -0.39 is 0 Å². The minimum absolute atomic E-state index is 0.613. The molecule has 0 spiro atoms. The normalized spacial score (nSPS) is 13.6. The zero-order valence-electron chi connectivity index (χ0n) is 10.9. The van der Waals surface area contributed by atoms with E-state index in [0.29, 0.717) is 12.0 Å². The summed E-state index contributed by atoms with van der Waals surface area (Å²) in [5, 5.41) is 5.60. The number of likely N-dealkylation sites (N-methyl/N-ethyl adjacent to an activating group) is 2. The number of thiophene rings is 1. The maximum atomic E-state index is 3.45. The van der Waals surface area contributed by atoms with Gasteiger partial charge in [0.15, 0.2) is 0 Å². The van der Waals surface area contributed by atoms with Crippen LogP contribution in [0.15, 0.2) is 17.5 Å². The summed E-state index contributed by atoms with van der Waals surface area (Å²) in [6.45, 7) is 9.95. The second-order valence-electron chi connectivity index (χ2n) is 4.61. The summed E-state index contributed by atoms with van der Waals surface area (Å²) in [6, 6.07) is 4.95. The molecule has 1 heterocycles. The fourth-order valence-electron chi connectivity index (χ4n) is 1.96. The van der Waals surface area contributed by atoms with E-state index >= 15 is 0 Å². The van der Waals surface area contributed by atoms with Gasteiger partial charge in [-0.15, -0.1) is 11.3 Å². The molecule has 92 valence electrons. The second kappa shape index (κ2) is 7.05. The molecule has 0 bridgehead atoms. The van der Waals surface area contributed by atoms with Crippen molar-refractivity contribution in [3.63, 3.8) is 0 Å². The predicted molar refractivity (Wildman–Crippen MR) is 73.0 cm³/mol. The van der Waals surface area contributed by atoms with E-state index in [0.717, 1.165) is 19.6 Å². The molecule has 0 saturated carbocycles. The first kappa shape index (κ1) is 13.7. The Morgan fingerprint density at radius 2 is 2.19 bits per heavy atom. The molecule has 1 rings (SSSR count). The van der Waals surface area contributed by atoms with Gasteiger partial charge in [0, 0.05) is 24.0 Å². The van der Waals surface area contributed by atoms with E-state index in [1.54, 1.807) is 0 Å². The number of nitrogens with one attached hydrogen (secondary N) is 1. The summed E-state index contributed by atoms with van der Waals surface area (Å²) >= 11 is 1.84. The van der Waals surface area contributed by atoms with Crippen LogP contribution in [0.4, 0.5) is 0 Å². The molecule has 0 aliphatic rings. The Bertz CT molecular complexity index is 269. The van der Waals surface area contributed by atoms with Gasteiger partial charge >= 0.3 is 0 Å². The van der Waals surface area contributed by atoms with Crippen molar-refractivity contribution >= 4 is 11.3 Å². The Labute approximate surface area is 104 Å². The summed E-state index contributed by atoms with van der Waals surface area (Å²) in [5.74, 6) is 0.684. The summed E-state index contributed by atoms with van der Waals surface area (Å²) in [5.41, 5.74) is 0. The average Bonchev–Trinajstić information content (AvgIpc) is 2.70. The van der Waals surface area contributed by atoms with Gasteiger partial charge in [-0.3, -0.25) is 4.90 Å². The highest BCUT2D eigenvalue weighted by molar-refractivity contribution is 7.09. The first-order valence-electron chi connectivity index (χ1n) is 6.08. The molecule has 1 atom stereocenters. The van der Waals surface area contributed by atoms with Crippen LogP contribution in [0.3, 0.4) is 0 Å². The van der Waals surface area contributed by atoms with Gasteiger partial charge in [-0.25, -0.2) is 0 Å². The van der Waals surface area contributed by atoms with Gasteiger partial charge < -0.3 is 5.32 Å². The zero-order chi connectivity index (χ0) is 12.0. The maximum absolute atomic E-state index is 3.45. The van der Waals surface area contributed by atoms with Gasteiger partial charge in [0.1, 0.15) is 0 Å². The van der Waals surface area contributed by atoms with Crippen molar-refractivity contribution in [3.8, 4) is 0 Å². The van der Waals surface area contributed by atoms with E-state index in [1.165, 1.54) is 4.88 Å². The molecule has 0 amide bonds. The van der Waals surface area contributed by atoms with Crippen molar-refractivity contribution in [2.24, 2.45) is 5.92 Å². The fraction of sp³-hybridized carbons (Fsp3) is 0.692. The van der Waals surface area contributed by atoms with Crippen LogP contribution in [0.1, 0.15) is 25.6 Å². The Hall–Kier alpha value is -0.380. The molecule has 0 aliphatic carbocycles. The van der Waals surface area contributed by atoms with Gasteiger partial charge in [0.2, 0.25) is 0 Å². The van der Waals surface area contributed by atoms with Crippen molar-refractivity contribution in [3.05, 3.63) is 22.4 Å². The molecule has 16 heavy (non-hydrogen) atoms. The van der Waals surface area contributed by atoms with E-state index in [4.69, 9.17) is 0 Å². The molecule has 0 fully saturated rings. The van der Waals surface area contributed by atoms with Gasteiger partial charge in [-0.1, -0.05) is 26.8 Å². The molecular formula is C13H24N2S. The fourth-order valence-corrected chi connectivity index (χ4v) is 2.73. The molecule has 1 unspecified atom stereocenters. The summed E-state index contributed by atoms with van der Waals surface area (Å²) in [4.78, 5) is 3.91. The summed E-state index contributed by atoms with van der Waals surface area (Å²) in [6.07, 6.45) is 0. The van der Waals surface area contributed by atoms with Gasteiger partial charge in [-0.05, 0) is 31.0 Å². The minimum atomic E-state index is 0.613. The largest absolute Gasteiger partial charge is 0.315 e. The molecule has 0 aromatic carbocycles. The minimum Gasteiger partial charge on any atom is -0.315 e. The van der Waals surface area contributed by atoms with E-state index in [2.05, 4.69) is 55.5 Å². The Morgan fingerprint density at radius 1 is 1.44 bits per heavy atom. The monoisotopic (exact) mass is 240 g/mol.